The van der Waals surface area contributed by atoms with Crippen molar-refractivity contribution in [2.75, 3.05) is 6.61 Å². The number of hydrogen-bond acceptors (Lipinski definition) is 5. The smallest absolute Gasteiger partial charge is 0.333 e. The molecule has 1 aromatic carbocycles. The van der Waals surface area contributed by atoms with Crippen LogP contribution >= 0.6 is 11.6 Å². The van der Waals surface area contributed by atoms with Gasteiger partial charge in [0.1, 0.15) is 6.10 Å². The largest absolute Gasteiger partial charge is 0.344 e. The van der Waals surface area contributed by atoms with E-state index in [0.29, 0.717) is 11.4 Å². The topological polar surface area (TPSA) is 87.9 Å². The van der Waals surface area contributed by atoms with Crippen LogP contribution in [-0.4, -0.2) is 26.9 Å². The Kier molecular flexibility index (Phi) is 4.92. The lowest BCUT2D eigenvalue weighted by molar-refractivity contribution is -0.147. The maximum Gasteiger partial charge on any atom is 0.333 e. The van der Waals surface area contributed by atoms with Gasteiger partial charge in [-0.05, 0) is 19.9 Å². The second-order valence-corrected chi connectivity index (χ2v) is 6.85. The fourth-order valence-corrected chi connectivity index (χ4v) is 2.87. The van der Waals surface area contributed by atoms with E-state index in [1.165, 1.54) is 0 Å². The molecule has 1 aromatic rings. The minimum atomic E-state index is -3.96. The number of halogens is 1. The summed E-state index contributed by atoms with van der Waals surface area (Å²) in [7, 11) is -3.96. The molecule has 1 heterocycles. The Morgan fingerprint density at radius 2 is 2.00 bits per heavy atom. The second kappa shape index (κ2) is 6.20. The van der Waals surface area contributed by atoms with Crippen molar-refractivity contribution in [3.8, 4) is 0 Å². The number of hydrogen-bond donors (Lipinski definition) is 1. The number of ether oxygens (including phenoxy) is 2. The fourth-order valence-electron chi connectivity index (χ4n) is 2.30. The maximum absolute atomic E-state index is 10.8. The summed E-state index contributed by atoms with van der Waals surface area (Å²) in [5.74, 6) is -0.782. The molecule has 1 fully saturated rings. The summed E-state index contributed by atoms with van der Waals surface area (Å²) in [6.45, 7) is 3.50. The molecule has 21 heavy (non-hydrogen) atoms. The van der Waals surface area contributed by atoms with E-state index >= 15 is 0 Å². The third kappa shape index (κ3) is 4.64. The number of nitrogens with two attached hydrogens (primary N) is 1. The van der Waals surface area contributed by atoms with Crippen molar-refractivity contribution in [3.05, 3.63) is 34.9 Å². The first kappa shape index (κ1) is 16.7. The number of benzene rings is 1. The summed E-state index contributed by atoms with van der Waals surface area (Å²) in [4.78, 5) is 0. The highest BCUT2D eigenvalue weighted by Crippen LogP contribution is 2.41. The van der Waals surface area contributed by atoms with Gasteiger partial charge in [-0.25, -0.2) is 5.14 Å². The Morgan fingerprint density at radius 3 is 2.62 bits per heavy atom. The predicted octanol–water partition coefficient (Wildman–Crippen LogP) is 2.14. The van der Waals surface area contributed by atoms with E-state index in [1.54, 1.807) is 19.9 Å². The van der Waals surface area contributed by atoms with Gasteiger partial charge in [-0.2, -0.15) is 8.42 Å². The van der Waals surface area contributed by atoms with E-state index in [0.717, 1.165) is 5.56 Å². The molecule has 2 rings (SSSR count). The Bertz CT molecular complexity index is 604. The molecule has 118 valence electrons. The first-order chi connectivity index (χ1) is 9.68. The van der Waals surface area contributed by atoms with Gasteiger partial charge in [0.15, 0.2) is 5.79 Å². The third-order valence-electron chi connectivity index (χ3n) is 3.05. The van der Waals surface area contributed by atoms with Crippen LogP contribution in [-0.2, 0) is 24.0 Å². The summed E-state index contributed by atoms with van der Waals surface area (Å²) >= 11 is 6.19. The van der Waals surface area contributed by atoms with Gasteiger partial charge in [-0.15, -0.1) is 0 Å². The molecule has 1 aliphatic rings. The van der Waals surface area contributed by atoms with E-state index in [-0.39, 0.29) is 12.7 Å². The van der Waals surface area contributed by atoms with Gasteiger partial charge in [0.2, 0.25) is 0 Å². The lowest BCUT2D eigenvalue weighted by Gasteiger charge is -2.18. The van der Waals surface area contributed by atoms with Crippen LogP contribution in [0.25, 0.3) is 0 Å². The monoisotopic (exact) mass is 335 g/mol. The van der Waals surface area contributed by atoms with Gasteiger partial charge < -0.3 is 9.47 Å². The molecule has 2 atom stereocenters. The first-order valence-corrected chi connectivity index (χ1v) is 8.30. The quantitative estimate of drug-likeness (QED) is 0.890. The SMILES string of the molecule is CC1(C)O[C@@H](CCOS(N)(=O)=O)[C@H](c2ccccc2Cl)O1. The average molecular weight is 336 g/mol. The number of rotatable bonds is 5. The Balaban J connectivity index is 2.12. The van der Waals surface area contributed by atoms with Gasteiger partial charge in [-0.1, -0.05) is 29.8 Å². The maximum atomic E-state index is 10.8. The highest BCUT2D eigenvalue weighted by Gasteiger charge is 2.42. The molecular formula is C13H18ClNO5S. The van der Waals surface area contributed by atoms with Crippen LogP contribution in [0.2, 0.25) is 5.02 Å². The molecule has 0 aromatic heterocycles. The zero-order valence-corrected chi connectivity index (χ0v) is 13.4. The highest BCUT2D eigenvalue weighted by molar-refractivity contribution is 7.84. The van der Waals surface area contributed by atoms with Gasteiger partial charge in [-0.3, -0.25) is 4.18 Å². The van der Waals surface area contributed by atoms with Crippen molar-refractivity contribution in [1.29, 1.82) is 0 Å². The summed E-state index contributed by atoms with van der Waals surface area (Å²) in [6, 6.07) is 7.30. The lowest BCUT2D eigenvalue weighted by Crippen LogP contribution is -2.23. The summed E-state index contributed by atoms with van der Waals surface area (Å²) < 4.78 is 37.8. The van der Waals surface area contributed by atoms with Gasteiger partial charge in [0.25, 0.3) is 0 Å². The van der Waals surface area contributed by atoms with Crippen LogP contribution in [0.4, 0.5) is 0 Å². The first-order valence-electron chi connectivity index (χ1n) is 6.45. The van der Waals surface area contributed by atoms with E-state index in [1.807, 2.05) is 18.2 Å². The predicted molar refractivity (Wildman–Crippen MR) is 77.9 cm³/mol. The average Bonchev–Trinajstić information content (AvgIpc) is 2.63. The van der Waals surface area contributed by atoms with Crippen LogP contribution in [0.3, 0.4) is 0 Å². The van der Waals surface area contributed by atoms with Crippen molar-refractivity contribution >= 4 is 21.9 Å². The van der Waals surface area contributed by atoms with E-state index in [4.69, 9.17) is 26.2 Å². The zero-order chi connectivity index (χ0) is 15.7. The van der Waals surface area contributed by atoms with Crippen molar-refractivity contribution in [3.63, 3.8) is 0 Å². The molecule has 0 unspecified atom stereocenters. The standard InChI is InChI=1S/C13H18ClNO5S/c1-13(2)19-11(7-8-18-21(15,16)17)12(20-13)9-5-3-4-6-10(9)14/h3-6,11-12H,7-8H2,1-2H3,(H2,15,16,17)/t11-,12-/m0/s1. The second-order valence-electron chi connectivity index (χ2n) is 5.22. The summed E-state index contributed by atoms with van der Waals surface area (Å²) in [5.41, 5.74) is 0.797. The normalized spacial score (nSPS) is 25.1. The van der Waals surface area contributed by atoms with Gasteiger partial charge >= 0.3 is 10.3 Å². The fraction of sp³-hybridized carbons (Fsp3) is 0.538. The Hall–Kier alpha value is -0.700. The molecule has 0 spiro atoms. The molecule has 0 bridgehead atoms. The summed E-state index contributed by atoms with van der Waals surface area (Å²) in [5, 5.41) is 5.37. The van der Waals surface area contributed by atoms with E-state index in [9.17, 15) is 8.42 Å². The van der Waals surface area contributed by atoms with Crippen molar-refractivity contribution in [2.45, 2.75) is 38.3 Å². The molecule has 2 N–H and O–H groups in total. The van der Waals surface area contributed by atoms with Gasteiger partial charge in [0, 0.05) is 17.0 Å². The molecule has 0 aliphatic carbocycles. The van der Waals surface area contributed by atoms with Crippen molar-refractivity contribution < 1.29 is 22.1 Å². The molecule has 8 heteroatoms. The third-order valence-corrected chi connectivity index (χ3v) is 3.88. The Labute approximate surface area is 129 Å². The minimum Gasteiger partial charge on any atom is -0.344 e. The van der Waals surface area contributed by atoms with Crippen LogP contribution in [0.15, 0.2) is 24.3 Å². The molecule has 1 aliphatic heterocycles. The van der Waals surface area contributed by atoms with Crippen molar-refractivity contribution in [1.82, 2.24) is 0 Å². The zero-order valence-electron chi connectivity index (χ0n) is 11.8. The van der Waals surface area contributed by atoms with Crippen LogP contribution in [0.1, 0.15) is 31.9 Å². The molecular weight excluding hydrogens is 318 g/mol. The highest BCUT2D eigenvalue weighted by atomic mass is 35.5. The van der Waals surface area contributed by atoms with Crippen LogP contribution in [0.5, 0.6) is 0 Å². The molecule has 0 saturated carbocycles. The molecule has 0 radical (unpaired) electrons. The van der Waals surface area contributed by atoms with E-state index < -0.39 is 22.2 Å². The summed E-state index contributed by atoms with van der Waals surface area (Å²) in [6.07, 6.45) is -0.449. The molecule has 1 saturated heterocycles. The van der Waals surface area contributed by atoms with Crippen LogP contribution < -0.4 is 5.14 Å². The van der Waals surface area contributed by atoms with E-state index in [2.05, 4.69) is 4.18 Å². The Morgan fingerprint density at radius 1 is 1.33 bits per heavy atom. The van der Waals surface area contributed by atoms with Crippen molar-refractivity contribution in [2.24, 2.45) is 5.14 Å². The lowest BCUT2D eigenvalue weighted by atomic mass is 10.0. The molecule has 6 nitrogen and oxygen atoms in total. The minimum absolute atomic E-state index is 0.0795. The molecule has 0 amide bonds. The van der Waals surface area contributed by atoms with Crippen LogP contribution in [0, 0.1) is 0 Å². The van der Waals surface area contributed by atoms with Gasteiger partial charge in [0.05, 0.1) is 12.7 Å².